The Hall–Kier alpha value is -1.52. The van der Waals surface area contributed by atoms with Gasteiger partial charge < -0.3 is 10.1 Å². The molecule has 0 aliphatic heterocycles. The molecule has 1 heterocycles. The zero-order valence-electron chi connectivity index (χ0n) is 11.2. The summed E-state index contributed by atoms with van der Waals surface area (Å²) in [6, 6.07) is 8.52. The SMILES string of the molecule is CCOC1CC(NCc2cnc3ccccc3n2)C1. The van der Waals surface area contributed by atoms with Gasteiger partial charge in [-0.05, 0) is 31.9 Å². The third-order valence-electron chi connectivity index (χ3n) is 3.57. The minimum Gasteiger partial charge on any atom is -0.378 e. The molecule has 3 rings (SSSR count). The van der Waals surface area contributed by atoms with Crippen LogP contribution in [0.15, 0.2) is 30.5 Å². The van der Waals surface area contributed by atoms with Gasteiger partial charge in [-0.3, -0.25) is 4.98 Å². The van der Waals surface area contributed by atoms with Gasteiger partial charge >= 0.3 is 0 Å². The maximum Gasteiger partial charge on any atom is 0.0890 e. The summed E-state index contributed by atoms with van der Waals surface area (Å²) < 4.78 is 5.55. The molecule has 100 valence electrons. The van der Waals surface area contributed by atoms with Crippen molar-refractivity contribution in [2.75, 3.05) is 6.61 Å². The number of para-hydroxylation sites is 2. The van der Waals surface area contributed by atoms with E-state index in [4.69, 9.17) is 4.74 Å². The minimum absolute atomic E-state index is 0.449. The van der Waals surface area contributed by atoms with E-state index in [0.717, 1.165) is 42.7 Å². The predicted molar refractivity (Wildman–Crippen MR) is 74.8 cm³/mol. The molecule has 0 unspecified atom stereocenters. The second-order valence-electron chi connectivity index (χ2n) is 4.98. The van der Waals surface area contributed by atoms with Crippen molar-refractivity contribution in [2.45, 2.75) is 38.5 Å². The fourth-order valence-electron chi connectivity index (χ4n) is 2.43. The number of fused-ring (bicyclic) bond motifs is 1. The third kappa shape index (κ3) is 2.91. The Morgan fingerprint density at radius 3 is 2.84 bits per heavy atom. The molecule has 4 nitrogen and oxygen atoms in total. The van der Waals surface area contributed by atoms with E-state index in [1.807, 2.05) is 37.4 Å². The molecule has 1 fully saturated rings. The van der Waals surface area contributed by atoms with Crippen LogP contribution in [0.5, 0.6) is 0 Å². The van der Waals surface area contributed by atoms with Gasteiger partial charge in [0.1, 0.15) is 0 Å². The fraction of sp³-hybridized carbons (Fsp3) is 0.467. The van der Waals surface area contributed by atoms with Crippen molar-refractivity contribution in [3.8, 4) is 0 Å². The van der Waals surface area contributed by atoms with Gasteiger partial charge in [0.05, 0.1) is 29.0 Å². The van der Waals surface area contributed by atoms with Gasteiger partial charge in [-0.1, -0.05) is 12.1 Å². The first-order chi connectivity index (χ1) is 9.35. The van der Waals surface area contributed by atoms with Gasteiger partial charge in [0.15, 0.2) is 0 Å². The van der Waals surface area contributed by atoms with Crippen molar-refractivity contribution in [3.05, 3.63) is 36.2 Å². The normalized spacial score (nSPS) is 22.4. The number of nitrogens with zero attached hydrogens (tertiary/aromatic N) is 2. The van der Waals surface area contributed by atoms with Crippen LogP contribution in [0.4, 0.5) is 0 Å². The molecule has 2 aromatic rings. The van der Waals surface area contributed by atoms with Gasteiger partial charge in [0, 0.05) is 19.2 Å². The van der Waals surface area contributed by atoms with Crippen molar-refractivity contribution in [2.24, 2.45) is 0 Å². The topological polar surface area (TPSA) is 47.0 Å². The lowest BCUT2D eigenvalue weighted by Gasteiger charge is -2.35. The number of rotatable bonds is 5. The summed E-state index contributed by atoms with van der Waals surface area (Å²) in [5.41, 5.74) is 2.91. The first-order valence-electron chi connectivity index (χ1n) is 6.91. The number of hydrogen-bond acceptors (Lipinski definition) is 4. The van der Waals surface area contributed by atoms with E-state index in [1.165, 1.54) is 0 Å². The lowest BCUT2D eigenvalue weighted by Crippen LogP contribution is -2.45. The zero-order chi connectivity index (χ0) is 13.1. The van der Waals surface area contributed by atoms with Gasteiger partial charge in [0.25, 0.3) is 0 Å². The van der Waals surface area contributed by atoms with Gasteiger partial charge in [-0.2, -0.15) is 0 Å². The van der Waals surface area contributed by atoms with Crippen LogP contribution in [-0.2, 0) is 11.3 Å². The van der Waals surface area contributed by atoms with Crippen LogP contribution in [0.1, 0.15) is 25.5 Å². The number of aromatic nitrogens is 2. The van der Waals surface area contributed by atoms with E-state index in [-0.39, 0.29) is 0 Å². The van der Waals surface area contributed by atoms with Crippen molar-refractivity contribution in [3.63, 3.8) is 0 Å². The highest BCUT2D eigenvalue weighted by Crippen LogP contribution is 2.23. The molecule has 1 aliphatic carbocycles. The Morgan fingerprint density at radius 1 is 1.26 bits per heavy atom. The highest BCUT2D eigenvalue weighted by molar-refractivity contribution is 5.73. The van der Waals surface area contributed by atoms with Crippen LogP contribution in [-0.4, -0.2) is 28.7 Å². The summed E-state index contributed by atoms with van der Waals surface area (Å²) in [4.78, 5) is 9.02. The standard InChI is InChI=1S/C15H19N3O/c1-2-19-13-7-11(8-13)16-9-12-10-17-14-5-3-4-6-15(14)18-12/h3-6,10-11,13,16H,2,7-9H2,1H3. The smallest absolute Gasteiger partial charge is 0.0890 e. The summed E-state index contributed by atoms with van der Waals surface area (Å²) >= 11 is 0. The van der Waals surface area contributed by atoms with Crippen molar-refractivity contribution < 1.29 is 4.74 Å². The highest BCUT2D eigenvalue weighted by atomic mass is 16.5. The Labute approximate surface area is 113 Å². The molecule has 0 saturated heterocycles. The Morgan fingerprint density at radius 2 is 2.05 bits per heavy atom. The molecule has 0 bridgehead atoms. The van der Waals surface area contributed by atoms with Crippen molar-refractivity contribution in [1.82, 2.24) is 15.3 Å². The number of hydrogen-bond donors (Lipinski definition) is 1. The Balaban J connectivity index is 1.55. The van der Waals surface area contributed by atoms with Crippen LogP contribution >= 0.6 is 0 Å². The lowest BCUT2D eigenvalue weighted by molar-refractivity contribution is -0.0103. The minimum atomic E-state index is 0.449. The molecule has 0 spiro atoms. The van der Waals surface area contributed by atoms with E-state index in [2.05, 4.69) is 15.3 Å². The first kappa shape index (κ1) is 12.5. The molecule has 1 aromatic heterocycles. The Bertz CT molecular complexity index is 552. The van der Waals surface area contributed by atoms with E-state index < -0.39 is 0 Å². The average Bonchev–Trinajstić information content (AvgIpc) is 2.41. The zero-order valence-corrected chi connectivity index (χ0v) is 11.2. The van der Waals surface area contributed by atoms with Gasteiger partial charge in [0.2, 0.25) is 0 Å². The van der Waals surface area contributed by atoms with Crippen molar-refractivity contribution >= 4 is 11.0 Å². The van der Waals surface area contributed by atoms with Crippen LogP contribution in [0, 0.1) is 0 Å². The highest BCUT2D eigenvalue weighted by Gasteiger charge is 2.28. The van der Waals surface area contributed by atoms with E-state index in [1.54, 1.807) is 0 Å². The summed E-state index contributed by atoms with van der Waals surface area (Å²) in [7, 11) is 0. The van der Waals surface area contributed by atoms with Crippen LogP contribution in [0.25, 0.3) is 11.0 Å². The van der Waals surface area contributed by atoms with Crippen LogP contribution in [0.2, 0.25) is 0 Å². The molecule has 19 heavy (non-hydrogen) atoms. The average molecular weight is 257 g/mol. The quantitative estimate of drug-likeness (QED) is 0.892. The summed E-state index contributed by atoms with van der Waals surface area (Å²) in [5, 5.41) is 3.51. The third-order valence-corrected chi connectivity index (χ3v) is 3.57. The molecular formula is C15H19N3O. The fourth-order valence-corrected chi connectivity index (χ4v) is 2.43. The van der Waals surface area contributed by atoms with Gasteiger partial charge in [-0.25, -0.2) is 4.98 Å². The Kier molecular flexibility index (Phi) is 3.71. The molecule has 0 atom stereocenters. The molecule has 1 aromatic carbocycles. The molecular weight excluding hydrogens is 238 g/mol. The second kappa shape index (κ2) is 5.63. The van der Waals surface area contributed by atoms with Crippen LogP contribution < -0.4 is 5.32 Å². The maximum atomic E-state index is 5.55. The molecule has 4 heteroatoms. The summed E-state index contributed by atoms with van der Waals surface area (Å²) in [5.74, 6) is 0. The largest absolute Gasteiger partial charge is 0.378 e. The predicted octanol–water partition coefficient (Wildman–Crippen LogP) is 2.29. The van der Waals surface area contributed by atoms with E-state index in [9.17, 15) is 0 Å². The van der Waals surface area contributed by atoms with Crippen LogP contribution in [0.3, 0.4) is 0 Å². The molecule has 1 aliphatic rings. The van der Waals surface area contributed by atoms with Crippen molar-refractivity contribution in [1.29, 1.82) is 0 Å². The molecule has 0 radical (unpaired) electrons. The van der Waals surface area contributed by atoms with Gasteiger partial charge in [-0.15, -0.1) is 0 Å². The monoisotopic (exact) mass is 257 g/mol. The summed E-state index contributed by atoms with van der Waals surface area (Å²) in [6.45, 7) is 3.64. The maximum absolute atomic E-state index is 5.55. The summed E-state index contributed by atoms with van der Waals surface area (Å²) in [6.07, 6.45) is 4.52. The number of nitrogens with one attached hydrogen (secondary N) is 1. The molecule has 0 amide bonds. The number of ether oxygens (including phenoxy) is 1. The van der Waals surface area contributed by atoms with E-state index in [0.29, 0.717) is 12.1 Å². The molecule has 1 N–H and O–H groups in total. The first-order valence-corrected chi connectivity index (χ1v) is 6.91. The second-order valence-corrected chi connectivity index (χ2v) is 4.98. The molecule has 1 saturated carbocycles. The van der Waals surface area contributed by atoms with E-state index >= 15 is 0 Å². The number of benzene rings is 1. The lowest BCUT2D eigenvalue weighted by atomic mass is 9.89.